The van der Waals surface area contributed by atoms with Crippen molar-refractivity contribution in [1.29, 1.82) is 0 Å². The zero-order valence-electron chi connectivity index (χ0n) is 12.7. The molecule has 1 aliphatic heterocycles. The Morgan fingerprint density at radius 2 is 1.73 bits per heavy atom. The summed E-state index contributed by atoms with van der Waals surface area (Å²) >= 11 is 0. The van der Waals surface area contributed by atoms with Gasteiger partial charge in [0.25, 0.3) is 5.91 Å². The molecule has 0 aromatic heterocycles. The van der Waals surface area contributed by atoms with Crippen molar-refractivity contribution in [3.05, 3.63) is 71.3 Å². The molecule has 1 amide bonds. The van der Waals surface area contributed by atoms with Gasteiger partial charge in [0, 0.05) is 24.1 Å². The van der Waals surface area contributed by atoms with Gasteiger partial charge in [-0.3, -0.25) is 4.79 Å². The molecule has 2 aliphatic rings. The highest BCUT2D eigenvalue weighted by molar-refractivity contribution is 5.94. The molecule has 0 N–H and O–H groups in total. The van der Waals surface area contributed by atoms with E-state index in [2.05, 4.69) is 29.2 Å². The number of carbonyl (C=O) groups excluding carboxylic acids is 1. The first-order valence-corrected chi connectivity index (χ1v) is 8.28. The molecule has 0 bridgehead atoms. The lowest BCUT2D eigenvalue weighted by Gasteiger charge is -2.45. The van der Waals surface area contributed by atoms with Gasteiger partial charge in [0.15, 0.2) is 0 Å². The van der Waals surface area contributed by atoms with Gasteiger partial charge >= 0.3 is 0 Å². The summed E-state index contributed by atoms with van der Waals surface area (Å²) in [5.41, 5.74) is 3.78. The molecule has 2 nitrogen and oxygen atoms in total. The van der Waals surface area contributed by atoms with Crippen LogP contribution >= 0.6 is 0 Å². The standard InChI is InChI=1S/C20H21NO/c22-20(16-8-2-1-3-9-16)21-14-6-11-18-17-10-5-4-7-15(17)12-13-19(18)21/h1-5,7-10,18-19H,6,11-14H2/t18-,19+/m1/s1. The average Bonchev–Trinajstić information content (AvgIpc) is 2.61. The Kier molecular flexibility index (Phi) is 3.45. The number of likely N-dealkylation sites (tertiary alicyclic amines) is 1. The summed E-state index contributed by atoms with van der Waals surface area (Å²) in [7, 11) is 0. The number of benzene rings is 2. The van der Waals surface area contributed by atoms with Crippen LogP contribution in [0.4, 0.5) is 0 Å². The van der Waals surface area contributed by atoms with Gasteiger partial charge in [0.1, 0.15) is 0 Å². The van der Waals surface area contributed by atoms with E-state index in [1.54, 1.807) is 0 Å². The highest BCUT2D eigenvalue weighted by atomic mass is 16.2. The summed E-state index contributed by atoms with van der Waals surface area (Å²) < 4.78 is 0. The van der Waals surface area contributed by atoms with Crippen LogP contribution < -0.4 is 0 Å². The molecule has 4 rings (SSSR count). The normalized spacial score (nSPS) is 23.5. The number of aryl methyl sites for hydroxylation is 1. The maximum Gasteiger partial charge on any atom is 0.254 e. The van der Waals surface area contributed by atoms with Gasteiger partial charge in [-0.2, -0.15) is 0 Å². The van der Waals surface area contributed by atoms with Crippen molar-refractivity contribution < 1.29 is 4.79 Å². The second-order valence-corrected chi connectivity index (χ2v) is 6.42. The monoisotopic (exact) mass is 291 g/mol. The lowest BCUT2D eigenvalue weighted by molar-refractivity contribution is 0.0547. The minimum absolute atomic E-state index is 0.203. The molecule has 112 valence electrons. The van der Waals surface area contributed by atoms with E-state index in [1.165, 1.54) is 17.5 Å². The van der Waals surface area contributed by atoms with Crippen molar-refractivity contribution >= 4 is 5.91 Å². The summed E-state index contributed by atoms with van der Waals surface area (Å²) in [5.74, 6) is 0.723. The number of hydrogen-bond acceptors (Lipinski definition) is 1. The third kappa shape index (κ3) is 2.23. The fourth-order valence-corrected chi connectivity index (χ4v) is 4.20. The Balaban J connectivity index is 1.65. The minimum Gasteiger partial charge on any atom is -0.335 e. The first-order chi connectivity index (χ1) is 10.8. The van der Waals surface area contributed by atoms with Crippen molar-refractivity contribution in [2.24, 2.45) is 0 Å². The number of hydrogen-bond donors (Lipinski definition) is 0. The van der Waals surface area contributed by atoms with Crippen molar-refractivity contribution in [1.82, 2.24) is 4.90 Å². The van der Waals surface area contributed by atoms with Crippen LogP contribution in [0.25, 0.3) is 0 Å². The quantitative estimate of drug-likeness (QED) is 0.777. The Morgan fingerprint density at radius 1 is 0.955 bits per heavy atom. The number of rotatable bonds is 1. The zero-order chi connectivity index (χ0) is 14.9. The molecule has 0 spiro atoms. The van der Waals surface area contributed by atoms with Crippen molar-refractivity contribution in [2.75, 3.05) is 6.54 Å². The molecule has 1 heterocycles. The number of fused-ring (bicyclic) bond motifs is 3. The molecule has 0 unspecified atom stereocenters. The molecule has 2 aromatic carbocycles. The topological polar surface area (TPSA) is 20.3 Å². The van der Waals surface area contributed by atoms with Crippen LogP contribution in [-0.2, 0) is 6.42 Å². The van der Waals surface area contributed by atoms with E-state index in [4.69, 9.17) is 0 Å². The second-order valence-electron chi connectivity index (χ2n) is 6.42. The molecule has 22 heavy (non-hydrogen) atoms. The number of amides is 1. The van der Waals surface area contributed by atoms with E-state index < -0.39 is 0 Å². The Morgan fingerprint density at radius 3 is 2.59 bits per heavy atom. The average molecular weight is 291 g/mol. The van der Waals surface area contributed by atoms with Gasteiger partial charge in [-0.15, -0.1) is 0 Å². The Bertz CT molecular complexity index is 679. The van der Waals surface area contributed by atoms with Gasteiger partial charge < -0.3 is 4.90 Å². The van der Waals surface area contributed by atoms with Gasteiger partial charge in [-0.1, -0.05) is 42.5 Å². The molecular weight excluding hydrogens is 270 g/mol. The van der Waals surface area contributed by atoms with Crippen LogP contribution in [-0.4, -0.2) is 23.4 Å². The predicted molar refractivity (Wildman–Crippen MR) is 88.0 cm³/mol. The maximum absolute atomic E-state index is 12.9. The molecule has 0 saturated carbocycles. The fraction of sp³-hybridized carbons (Fsp3) is 0.350. The molecule has 1 saturated heterocycles. The Hall–Kier alpha value is -2.09. The summed E-state index contributed by atoms with van der Waals surface area (Å²) in [4.78, 5) is 15.0. The van der Waals surface area contributed by atoms with Gasteiger partial charge in [-0.25, -0.2) is 0 Å². The molecule has 2 heteroatoms. The smallest absolute Gasteiger partial charge is 0.254 e. The van der Waals surface area contributed by atoms with E-state index in [0.717, 1.165) is 31.4 Å². The number of nitrogens with zero attached hydrogens (tertiary/aromatic N) is 1. The van der Waals surface area contributed by atoms with E-state index in [-0.39, 0.29) is 5.91 Å². The summed E-state index contributed by atoms with van der Waals surface area (Å²) in [6.45, 7) is 0.900. The summed E-state index contributed by atoms with van der Waals surface area (Å²) in [6.07, 6.45) is 4.50. The third-order valence-corrected chi connectivity index (χ3v) is 5.22. The molecule has 1 fully saturated rings. The van der Waals surface area contributed by atoms with Crippen LogP contribution in [0.3, 0.4) is 0 Å². The summed E-state index contributed by atoms with van der Waals surface area (Å²) in [5, 5.41) is 0. The molecule has 1 aliphatic carbocycles. The molecule has 2 aromatic rings. The van der Waals surface area contributed by atoms with Gasteiger partial charge in [0.2, 0.25) is 0 Å². The zero-order valence-corrected chi connectivity index (χ0v) is 12.7. The predicted octanol–water partition coefficient (Wildman–Crippen LogP) is 4.02. The van der Waals surface area contributed by atoms with Crippen molar-refractivity contribution in [3.63, 3.8) is 0 Å². The van der Waals surface area contributed by atoms with E-state index in [9.17, 15) is 4.79 Å². The first-order valence-electron chi connectivity index (χ1n) is 8.28. The van der Waals surface area contributed by atoms with E-state index >= 15 is 0 Å². The van der Waals surface area contributed by atoms with Crippen LogP contribution in [0, 0.1) is 0 Å². The highest BCUT2D eigenvalue weighted by Gasteiger charge is 2.38. The van der Waals surface area contributed by atoms with E-state index in [1.807, 2.05) is 30.3 Å². The number of carbonyl (C=O) groups is 1. The molecule has 0 radical (unpaired) electrons. The third-order valence-electron chi connectivity index (χ3n) is 5.22. The van der Waals surface area contributed by atoms with Crippen molar-refractivity contribution in [2.45, 2.75) is 37.6 Å². The molecular formula is C20H21NO. The lowest BCUT2D eigenvalue weighted by atomic mass is 9.74. The highest BCUT2D eigenvalue weighted by Crippen LogP contribution is 2.40. The molecule has 2 atom stereocenters. The fourth-order valence-electron chi connectivity index (χ4n) is 4.20. The van der Waals surface area contributed by atoms with Crippen molar-refractivity contribution in [3.8, 4) is 0 Å². The SMILES string of the molecule is O=C(c1ccccc1)N1CCC[C@@H]2c3ccccc3CC[C@@H]21. The van der Waals surface area contributed by atoms with E-state index in [0.29, 0.717) is 12.0 Å². The van der Waals surface area contributed by atoms with Crippen LogP contribution in [0.1, 0.15) is 46.7 Å². The minimum atomic E-state index is 0.203. The van der Waals surface area contributed by atoms with Crippen LogP contribution in [0.2, 0.25) is 0 Å². The van der Waals surface area contributed by atoms with Crippen LogP contribution in [0.15, 0.2) is 54.6 Å². The second kappa shape index (κ2) is 5.60. The Labute approximate surface area is 131 Å². The van der Waals surface area contributed by atoms with Gasteiger partial charge in [-0.05, 0) is 48.9 Å². The maximum atomic E-state index is 12.9. The first kappa shape index (κ1) is 13.6. The summed E-state index contributed by atoms with van der Waals surface area (Å²) in [6, 6.07) is 18.9. The van der Waals surface area contributed by atoms with Crippen LogP contribution in [0.5, 0.6) is 0 Å². The largest absolute Gasteiger partial charge is 0.335 e. The lowest BCUT2D eigenvalue weighted by Crippen LogP contribution is -2.49. The van der Waals surface area contributed by atoms with Gasteiger partial charge in [0.05, 0.1) is 0 Å². The number of piperidine rings is 1.